The van der Waals surface area contributed by atoms with Crippen LogP contribution in [0.2, 0.25) is 0 Å². The molecule has 0 heterocycles. The molecule has 1 rings (SSSR count). The van der Waals surface area contributed by atoms with Gasteiger partial charge in [-0.05, 0) is 39.0 Å². The first-order chi connectivity index (χ1) is 8.18. The molecule has 0 aliphatic heterocycles. The number of hydrogen-bond acceptors (Lipinski definition) is 1. The van der Waals surface area contributed by atoms with Crippen LogP contribution in [0.5, 0.6) is 0 Å². The number of nitrogens with zero attached hydrogens (tertiary/aromatic N) is 1. The van der Waals surface area contributed by atoms with E-state index in [0.717, 1.165) is 18.5 Å². The van der Waals surface area contributed by atoms with Gasteiger partial charge in [0.15, 0.2) is 5.96 Å². The fourth-order valence-corrected chi connectivity index (χ4v) is 1.94. The second-order valence-electron chi connectivity index (χ2n) is 4.80. The van der Waals surface area contributed by atoms with Crippen LogP contribution in [-0.4, -0.2) is 19.0 Å². The molecule has 18 heavy (non-hydrogen) atoms. The summed E-state index contributed by atoms with van der Waals surface area (Å²) in [5.41, 5.74) is 8.35. The van der Waals surface area contributed by atoms with Crippen molar-refractivity contribution in [1.29, 1.82) is 0 Å². The predicted molar refractivity (Wildman–Crippen MR) is 90.5 cm³/mol. The lowest BCUT2D eigenvalue weighted by Crippen LogP contribution is -2.32. The number of aliphatic imine (C=N–C) groups is 1. The summed E-state index contributed by atoms with van der Waals surface area (Å²) in [6.07, 6.45) is 10.0. The van der Waals surface area contributed by atoms with Gasteiger partial charge in [-0.2, -0.15) is 0 Å². The van der Waals surface area contributed by atoms with Gasteiger partial charge in [0.1, 0.15) is 0 Å². The van der Waals surface area contributed by atoms with Crippen molar-refractivity contribution in [3.05, 3.63) is 23.8 Å². The highest BCUT2D eigenvalue weighted by Gasteiger charge is 2.02. The maximum Gasteiger partial charge on any atom is 0.188 e. The Morgan fingerprint density at radius 1 is 1.44 bits per heavy atom. The van der Waals surface area contributed by atoms with Crippen molar-refractivity contribution in [2.45, 2.75) is 45.4 Å². The van der Waals surface area contributed by atoms with Crippen molar-refractivity contribution in [2.24, 2.45) is 10.7 Å². The molecule has 0 spiro atoms. The Kier molecular flexibility index (Phi) is 10.1. The van der Waals surface area contributed by atoms with Gasteiger partial charge in [-0.3, -0.25) is 0 Å². The van der Waals surface area contributed by atoms with Crippen molar-refractivity contribution in [3.63, 3.8) is 0 Å². The topological polar surface area (TPSA) is 50.4 Å². The van der Waals surface area contributed by atoms with E-state index in [-0.39, 0.29) is 24.0 Å². The van der Waals surface area contributed by atoms with E-state index in [1.807, 2.05) is 6.92 Å². The molecule has 3 nitrogen and oxygen atoms in total. The normalized spacial score (nSPS) is 16.3. The molecule has 0 bridgehead atoms. The third kappa shape index (κ3) is 8.55. The molecule has 0 aromatic rings. The van der Waals surface area contributed by atoms with E-state index in [9.17, 15) is 0 Å². The highest BCUT2D eigenvalue weighted by Crippen LogP contribution is 2.18. The monoisotopic (exact) mass is 363 g/mol. The standard InChI is InChI=1S/C14H25N3.HI/c1-12(2)11-17-14(15)16-10-9-13-7-5-3-4-6-8-13;/h7H,1,3-6,8-11H2,2H3,(H3,15,16,17);1H. The molecule has 0 amide bonds. The van der Waals surface area contributed by atoms with E-state index in [1.165, 1.54) is 32.1 Å². The smallest absolute Gasteiger partial charge is 0.188 e. The number of nitrogens with one attached hydrogen (secondary N) is 1. The third-order valence-electron chi connectivity index (χ3n) is 2.91. The lowest BCUT2D eigenvalue weighted by atomic mass is 10.1. The van der Waals surface area contributed by atoms with Gasteiger partial charge in [-0.15, -0.1) is 24.0 Å². The molecule has 4 heteroatoms. The summed E-state index contributed by atoms with van der Waals surface area (Å²) in [7, 11) is 0. The summed E-state index contributed by atoms with van der Waals surface area (Å²) in [6, 6.07) is 0. The summed E-state index contributed by atoms with van der Waals surface area (Å²) in [6.45, 7) is 7.24. The molecule has 0 fully saturated rings. The molecule has 0 radical (unpaired) electrons. The maximum absolute atomic E-state index is 5.75. The molecule has 0 atom stereocenters. The van der Waals surface area contributed by atoms with Gasteiger partial charge in [0, 0.05) is 6.54 Å². The summed E-state index contributed by atoms with van der Waals surface area (Å²) in [5, 5.41) is 3.15. The van der Waals surface area contributed by atoms with Crippen LogP contribution >= 0.6 is 24.0 Å². The zero-order valence-electron chi connectivity index (χ0n) is 11.4. The van der Waals surface area contributed by atoms with Crippen molar-refractivity contribution >= 4 is 29.9 Å². The summed E-state index contributed by atoms with van der Waals surface area (Å²) in [4.78, 5) is 4.19. The Hall–Kier alpha value is -0.520. The van der Waals surface area contributed by atoms with Gasteiger partial charge in [0.2, 0.25) is 0 Å². The van der Waals surface area contributed by atoms with Crippen LogP contribution < -0.4 is 11.1 Å². The zero-order chi connectivity index (χ0) is 12.5. The van der Waals surface area contributed by atoms with Gasteiger partial charge < -0.3 is 11.1 Å². The molecular formula is C14H26IN3. The van der Waals surface area contributed by atoms with Crippen LogP contribution in [0.1, 0.15) is 45.4 Å². The van der Waals surface area contributed by atoms with E-state index in [0.29, 0.717) is 12.5 Å². The summed E-state index contributed by atoms with van der Waals surface area (Å²) < 4.78 is 0. The van der Waals surface area contributed by atoms with Crippen LogP contribution in [0, 0.1) is 0 Å². The molecule has 1 aliphatic rings. The van der Waals surface area contributed by atoms with E-state index in [4.69, 9.17) is 5.73 Å². The van der Waals surface area contributed by atoms with Crippen molar-refractivity contribution in [3.8, 4) is 0 Å². The van der Waals surface area contributed by atoms with Crippen molar-refractivity contribution in [2.75, 3.05) is 13.1 Å². The van der Waals surface area contributed by atoms with Crippen LogP contribution in [-0.2, 0) is 0 Å². The predicted octanol–water partition coefficient (Wildman–Crippen LogP) is 3.37. The van der Waals surface area contributed by atoms with Crippen LogP contribution in [0.15, 0.2) is 28.8 Å². The average Bonchev–Trinajstić information content (AvgIpc) is 2.55. The molecule has 0 aromatic carbocycles. The minimum Gasteiger partial charge on any atom is -0.370 e. The minimum absolute atomic E-state index is 0. The van der Waals surface area contributed by atoms with Gasteiger partial charge >= 0.3 is 0 Å². The van der Waals surface area contributed by atoms with E-state index >= 15 is 0 Å². The Labute approximate surface area is 128 Å². The van der Waals surface area contributed by atoms with Crippen LogP contribution in [0.3, 0.4) is 0 Å². The van der Waals surface area contributed by atoms with E-state index in [2.05, 4.69) is 23.0 Å². The Morgan fingerprint density at radius 2 is 2.22 bits per heavy atom. The van der Waals surface area contributed by atoms with Gasteiger partial charge in [-0.25, -0.2) is 4.99 Å². The highest BCUT2D eigenvalue weighted by atomic mass is 127. The van der Waals surface area contributed by atoms with Crippen molar-refractivity contribution < 1.29 is 0 Å². The molecule has 0 saturated heterocycles. The second kappa shape index (κ2) is 10.4. The first-order valence-electron chi connectivity index (χ1n) is 6.54. The molecule has 0 saturated carbocycles. The number of nitrogens with two attached hydrogens (primary N) is 1. The number of hydrogen-bond donors (Lipinski definition) is 2. The molecule has 0 aromatic heterocycles. The molecular weight excluding hydrogens is 337 g/mol. The largest absolute Gasteiger partial charge is 0.370 e. The second-order valence-corrected chi connectivity index (χ2v) is 4.80. The molecule has 0 unspecified atom stereocenters. The van der Waals surface area contributed by atoms with Crippen molar-refractivity contribution in [1.82, 2.24) is 5.32 Å². The minimum atomic E-state index is 0. The first kappa shape index (κ1) is 17.5. The average molecular weight is 363 g/mol. The number of halogens is 1. The highest BCUT2D eigenvalue weighted by molar-refractivity contribution is 14.0. The summed E-state index contributed by atoms with van der Waals surface area (Å²) >= 11 is 0. The Balaban J connectivity index is 0.00000289. The SMILES string of the molecule is C=C(C)CN=C(N)NCCC1=CCCCCC1.I. The van der Waals surface area contributed by atoms with E-state index in [1.54, 1.807) is 5.57 Å². The lowest BCUT2D eigenvalue weighted by Gasteiger charge is -2.08. The molecule has 104 valence electrons. The summed E-state index contributed by atoms with van der Waals surface area (Å²) in [5.74, 6) is 0.530. The molecule has 1 aliphatic carbocycles. The maximum atomic E-state index is 5.75. The fraction of sp³-hybridized carbons (Fsp3) is 0.643. The van der Waals surface area contributed by atoms with Gasteiger partial charge in [0.05, 0.1) is 6.54 Å². The Bertz CT molecular complexity index is 308. The van der Waals surface area contributed by atoms with Crippen LogP contribution in [0.25, 0.3) is 0 Å². The quantitative estimate of drug-likeness (QED) is 0.341. The van der Waals surface area contributed by atoms with Gasteiger partial charge in [0.25, 0.3) is 0 Å². The lowest BCUT2D eigenvalue weighted by molar-refractivity contribution is 0.698. The van der Waals surface area contributed by atoms with Gasteiger partial charge in [-0.1, -0.05) is 30.2 Å². The molecule has 3 N–H and O–H groups in total. The number of rotatable bonds is 5. The fourth-order valence-electron chi connectivity index (χ4n) is 1.94. The van der Waals surface area contributed by atoms with E-state index < -0.39 is 0 Å². The first-order valence-corrected chi connectivity index (χ1v) is 6.54. The Morgan fingerprint density at radius 3 is 2.94 bits per heavy atom. The van der Waals surface area contributed by atoms with Crippen LogP contribution in [0.4, 0.5) is 0 Å². The number of guanidine groups is 1. The number of allylic oxidation sites excluding steroid dienone is 1. The zero-order valence-corrected chi connectivity index (χ0v) is 13.7. The third-order valence-corrected chi connectivity index (χ3v) is 2.91.